The highest BCUT2D eigenvalue weighted by atomic mass is 32.2. The number of likely N-dealkylation sites (N-methyl/N-ethyl adjacent to an activating group) is 1. The van der Waals surface area contributed by atoms with E-state index in [0.717, 1.165) is 36.2 Å². The van der Waals surface area contributed by atoms with Gasteiger partial charge in [-0.2, -0.15) is 8.42 Å². The summed E-state index contributed by atoms with van der Waals surface area (Å²) in [6, 6.07) is 9.98. The van der Waals surface area contributed by atoms with Gasteiger partial charge in [0.1, 0.15) is 0 Å². The lowest BCUT2D eigenvalue weighted by Crippen LogP contribution is -2.50. The molecule has 2 aromatic rings. The van der Waals surface area contributed by atoms with Crippen LogP contribution in [0, 0.1) is 4.64 Å². The molecule has 0 amide bonds. The van der Waals surface area contributed by atoms with Crippen molar-refractivity contribution in [3.05, 3.63) is 35.0 Å². The number of anilines is 1. The highest BCUT2D eigenvalue weighted by Gasteiger charge is 2.22. The summed E-state index contributed by atoms with van der Waals surface area (Å²) in [7, 11) is -0.108. The van der Waals surface area contributed by atoms with E-state index in [1.807, 2.05) is 24.3 Å². The number of hydrogen-bond acceptors (Lipinski definition) is 4. The number of rotatable bonds is 1. The molecular weight excluding hydrogens is 286 g/mol. The molecule has 0 radical (unpaired) electrons. The van der Waals surface area contributed by atoms with Crippen LogP contribution in [0.15, 0.2) is 30.3 Å². The second-order valence-corrected chi connectivity index (χ2v) is 6.48. The summed E-state index contributed by atoms with van der Waals surface area (Å²) in [4.78, 5) is 7.71. The Bertz CT molecular complexity index is 833. The van der Waals surface area contributed by atoms with E-state index < -0.39 is 10.3 Å². The average molecular weight is 305 g/mol. The predicted molar refractivity (Wildman–Crippen MR) is 84.8 cm³/mol. The summed E-state index contributed by atoms with van der Waals surface area (Å²) in [6.07, 6.45) is 0. The van der Waals surface area contributed by atoms with Crippen molar-refractivity contribution in [2.45, 2.75) is 13.0 Å². The van der Waals surface area contributed by atoms with Crippen LogP contribution in [0.5, 0.6) is 0 Å². The Morgan fingerprint density at radius 3 is 2.71 bits per heavy atom. The van der Waals surface area contributed by atoms with Gasteiger partial charge in [0, 0.05) is 31.1 Å². The van der Waals surface area contributed by atoms with Gasteiger partial charge < -0.3 is 14.8 Å². The van der Waals surface area contributed by atoms with E-state index >= 15 is 0 Å². The number of hydrogen-bond donors (Lipinski definition) is 1. The number of nitrogens with zero attached hydrogens (tertiary/aromatic N) is 2. The minimum Gasteiger partial charge on any atom is -0.367 e. The molecule has 1 aromatic heterocycles. The summed E-state index contributed by atoms with van der Waals surface area (Å²) in [5.74, 6) is 0. The van der Waals surface area contributed by atoms with Gasteiger partial charge in [0.15, 0.2) is 4.64 Å². The second-order valence-electron chi connectivity index (χ2n) is 5.57. The largest absolute Gasteiger partial charge is 0.367 e. The summed E-state index contributed by atoms with van der Waals surface area (Å²) >= 11 is 0. The molecule has 112 valence electrons. The number of H-pyrrole nitrogens is 1. The number of nitrogens with one attached hydrogen (secondary N) is 1. The van der Waals surface area contributed by atoms with E-state index in [4.69, 9.17) is 0 Å². The number of para-hydroxylation sites is 1. The first kappa shape index (κ1) is 14.2. The zero-order valence-corrected chi connectivity index (χ0v) is 13.0. The molecule has 2 heterocycles. The zero-order valence-electron chi connectivity index (χ0n) is 12.2. The monoisotopic (exact) mass is 305 g/mol. The lowest BCUT2D eigenvalue weighted by atomic mass is 10.1. The maximum absolute atomic E-state index is 11.2. The first-order chi connectivity index (χ1) is 10.1. The number of fused-ring (bicyclic) bond motifs is 1. The molecule has 1 fully saturated rings. The van der Waals surface area contributed by atoms with Gasteiger partial charge in [-0.3, -0.25) is 0 Å². The lowest BCUT2D eigenvalue weighted by molar-refractivity contribution is 0.234. The number of benzene rings is 1. The van der Waals surface area contributed by atoms with E-state index in [1.54, 1.807) is 6.07 Å². The predicted octanol–water partition coefficient (Wildman–Crippen LogP) is 1.72. The molecule has 21 heavy (non-hydrogen) atoms. The fourth-order valence-electron chi connectivity index (χ4n) is 2.79. The lowest BCUT2D eigenvalue weighted by Gasteiger charge is -2.39. The minimum atomic E-state index is -2.24. The van der Waals surface area contributed by atoms with Crippen molar-refractivity contribution in [2.75, 3.05) is 31.6 Å². The molecule has 1 aliphatic rings. The third-order valence-corrected chi connectivity index (χ3v) is 4.81. The molecule has 1 saturated heterocycles. The number of pyridine rings is 1. The van der Waals surface area contributed by atoms with E-state index in [9.17, 15) is 8.42 Å². The fraction of sp³-hybridized carbons (Fsp3) is 0.400. The maximum Gasteiger partial charge on any atom is 0.238 e. The number of aromatic nitrogens is 1. The van der Waals surface area contributed by atoms with Crippen LogP contribution in [0.1, 0.15) is 6.92 Å². The van der Waals surface area contributed by atoms with Crippen molar-refractivity contribution >= 4 is 26.9 Å². The van der Waals surface area contributed by atoms with Gasteiger partial charge in [-0.15, -0.1) is 0 Å². The first-order valence-corrected chi connectivity index (χ1v) is 8.13. The standard InChI is InChI=1S/C15H19N3O2S/c1-11-10-18(9-8-17(11)2)13-5-3-4-12-6-7-14(21(19)20)16-15(12)13/h3-7,11,16H,8-10H2,1-2H3/t11-/m0/s1. The Morgan fingerprint density at radius 2 is 2.00 bits per heavy atom. The molecule has 3 rings (SSSR count). The fourth-order valence-corrected chi connectivity index (χ4v) is 3.16. The van der Waals surface area contributed by atoms with Gasteiger partial charge in [-0.25, -0.2) is 0 Å². The normalized spacial score (nSPS) is 19.9. The smallest absolute Gasteiger partial charge is 0.238 e. The van der Waals surface area contributed by atoms with Gasteiger partial charge in [0.2, 0.25) is 10.3 Å². The summed E-state index contributed by atoms with van der Waals surface area (Å²) in [5.41, 5.74) is 1.95. The van der Waals surface area contributed by atoms with Gasteiger partial charge in [-0.1, -0.05) is 12.1 Å². The van der Waals surface area contributed by atoms with Gasteiger partial charge in [0.25, 0.3) is 0 Å². The quantitative estimate of drug-likeness (QED) is 0.815. The SMILES string of the molecule is C[C@H]1CN(c2cccc3ccc(=S(=O)=O)[nH]c23)CCN1C. The molecular formula is C15H19N3O2S. The zero-order chi connectivity index (χ0) is 15.0. The van der Waals surface area contributed by atoms with Gasteiger partial charge in [0.05, 0.1) is 11.2 Å². The topological polar surface area (TPSA) is 56.4 Å². The van der Waals surface area contributed by atoms with Crippen molar-refractivity contribution < 1.29 is 8.42 Å². The van der Waals surface area contributed by atoms with Crippen molar-refractivity contribution in [3.63, 3.8) is 0 Å². The van der Waals surface area contributed by atoms with Crippen molar-refractivity contribution in [1.29, 1.82) is 0 Å². The average Bonchev–Trinajstić information content (AvgIpc) is 2.49. The highest BCUT2D eigenvalue weighted by molar-refractivity contribution is 7.63. The van der Waals surface area contributed by atoms with Crippen LogP contribution in [-0.4, -0.2) is 51.0 Å². The Hall–Kier alpha value is -1.79. The molecule has 0 spiro atoms. The van der Waals surface area contributed by atoms with Crippen molar-refractivity contribution in [2.24, 2.45) is 0 Å². The molecule has 1 aromatic carbocycles. The molecule has 1 atom stereocenters. The minimum absolute atomic E-state index is 0.220. The molecule has 6 heteroatoms. The van der Waals surface area contributed by atoms with E-state index in [0.29, 0.717) is 6.04 Å². The van der Waals surface area contributed by atoms with Crippen LogP contribution >= 0.6 is 0 Å². The Kier molecular flexibility index (Phi) is 3.73. The maximum atomic E-state index is 11.2. The van der Waals surface area contributed by atoms with Gasteiger partial charge >= 0.3 is 0 Å². The van der Waals surface area contributed by atoms with Crippen LogP contribution in [-0.2, 0) is 10.3 Å². The number of aromatic amines is 1. The van der Waals surface area contributed by atoms with Crippen LogP contribution in [0.4, 0.5) is 5.69 Å². The van der Waals surface area contributed by atoms with Crippen LogP contribution < -0.4 is 4.90 Å². The second kappa shape index (κ2) is 5.54. The highest BCUT2D eigenvalue weighted by Crippen LogP contribution is 2.26. The number of piperazine rings is 1. The van der Waals surface area contributed by atoms with Crippen molar-refractivity contribution in [3.8, 4) is 0 Å². The summed E-state index contributed by atoms with van der Waals surface area (Å²) in [6.45, 7) is 5.09. The van der Waals surface area contributed by atoms with E-state index in [-0.39, 0.29) is 4.64 Å². The van der Waals surface area contributed by atoms with Crippen LogP contribution in [0.3, 0.4) is 0 Å². The summed E-state index contributed by atoms with van der Waals surface area (Å²) in [5, 5.41) is 1.02. The van der Waals surface area contributed by atoms with Crippen LogP contribution in [0.25, 0.3) is 10.9 Å². The van der Waals surface area contributed by atoms with Gasteiger partial charge in [-0.05, 0) is 32.2 Å². The molecule has 0 bridgehead atoms. The Balaban J connectivity index is 2.14. The van der Waals surface area contributed by atoms with Crippen molar-refractivity contribution in [1.82, 2.24) is 9.88 Å². The molecule has 0 aliphatic carbocycles. The molecule has 1 aliphatic heterocycles. The first-order valence-electron chi connectivity index (χ1n) is 7.06. The third-order valence-electron chi connectivity index (χ3n) is 4.22. The Labute approximate surface area is 125 Å². The molecule has 1 N–H and O–H groups in total. The van der Waals surface area contributed by atoms with E-state index in [2.05, 4.69) is 28.8 Å². The third kappa shape index (κ3) is 2.69. The molecule has 5 nitrogen and oxygen atoms in total. The molecule has 0 unspecified atom stereocenters. The van der Waals surface area contributed by atoms with E-state index in [1.165, 1.54) is 0 Å². The van der Waals surface area contributed by atoms with Crippen LogP contribution in [0.2, 0.25) is 0 Å². The molecule has 0 saturated carbocycles. The Morgan fingerprint density at radius 1 is 1.19 bits per heavy atom. The summed E-state index contributed by atoms with van der Waals surface area (Å²) < 4.78 is 22.6.